The number of rotatable bonds is 2. The third kappa shape index (κ3) is 2.64. The Bertz CT molecular complexity index is 403. The van der Waals surface area contributed by atoms with Gasteiger partial charge in [0.05, 0.1) is 0 Å². The van der Waals surface area contributed by atoms with E-state index in [0.29, 0.717) is 5.92 Å². The quantitative estimate of drug-likeness (QED) is 0.844. The molecular weight excluding hydrogens is 209 g/mol. The third-order valence-electron chi connectivity index (χ3n) is 3.81. The summed E-state index contributed by atoms with van der Waals surface area (Å²) in [6.07, 6.45) is 1.14. The molecule has 3 heteroatoms. The molecule has 1 unspecified atom stereocenters. The molecular formula is C14H22BNO. The molecule has 2 heterocycles. The summed E-state index contributed by atoms with van der Waals surface area (Å²) in [5, 5.41) is 3.49. The predicted molar refractivity (Wildman–Crippen MR) is 74.3 cm³/mol. The number of ether oxygens (including phenoxy) is 1. The monoisotopic (exact) mass is 231 g/mol. The minimum atomic E-state index is 0.231. The second-order valence-electron chi connectivity index (χ2n) is 5.75. The fraction of sp³-hybridized carbons (Fsp3) is 0.643. The molecule has 0 saturated carbocycles. The summed E-state index contributed by atoms with van der Waals surface area (Å²) in [5.74, 6) is 2.75. The van der Waals surface area contributed by atoms with Crippen molar-refractivity contribution in [2.24, 2.45) is 5.92 Å². The summed E-state index contributed by atoms with van der Waals surface area (Å²) in [5.41, 5.74) is 3.75. The van der Waals surface area contributed by atoms with E-state index >= 15 is 0 Å². The van der Waals surface area contributed by atoms with E-state index < -0.39 is 0 Å². The predicted octanol–water partition coefficient (Wildman–Crippen LogP) is 3.15. The molecule has 0 spiro atoms. The van der Waals surface area contributed by atoms with Crippen molar-refractivity contribution in [3.05, 3.63) is 17.6 Å². The number of fused-ring (bicyclic) bond motifs is 1. The fourth-order valence-electron chi connectivity index (χ4n) is 1.99. The van der Waals surface area contributed by atoms with Crippen molar-refractivity contribution in [1.82, 2.24) is 0 Å². The molecule has 0 amide bonds. The summed E-state index contributed by atoms with van der Waals surface area (Å²) in [7, 11) is 0. The fourth-order valence-corrected chi connectivity index (χ4v) is 1.99. The molecule has 0 aliphatic carbocycles. The van der Waals surface area contributed by atoms with Crippen LogP contribution < -0.4 is 10.1 Å². The van der Waals surface area contributed by atoms with Gasteiger partial charge in [0.15, 0.2) is 0 Å². The van der Waals surface area contributed by atoms with Crippen LogP contribution in [-0.4, -0.2) is 20.1 Å². The second kappa shape index (κ2) is 4.71. The van der Waals surface area contributed by atoms with Crippen LogP contribution in [0.25, 0.3) is 0 Å². The first-order valence-corrected chi connectivity index (χ1v) is 6.54. The summed E-state index contributed by atoms with van der Waals surface area (Å²) in [6.45, 7) is 12.9. The first-order chi connectivity index (χ1) is 8.03. The van der Waals surface area contributed by atoms with E-state index in [1.54, 1.807) is 0 Å². The Hall–Kier alpha value is -0.985. The Morgan fingerprint density at radius 3 is 3.00 bits per heavy atom. The van der Waals surface area contributed by atoms with Crippen molar-refractivity contribution in [1.29, 1.82) is 0 Å². The second-order valence-corrected chi connectivity index (χ2v) is 5.75. The van der Waals surface area contributed by atoms with Crippen LogP contribution in [-0.2, 0) is 5.41 Å². The van der Waals surface area contributed by atoms with Gasteiger partial charge in [-0.3, -0.25) is 0 Å². The van der Waals surface area contributed by atoms with E-state index in [9.17, 15) is 0 Å². The first-order valence-electron chi connectivity index (χ1n) is 6.54. The molecule has 0 bridgehead atoms. The Balaban J connectivity index is 2.31. The zero-order valence-corrected chi connectivity index (χ0v) is 11.3. The van der Waals surface area contributed by atoms with Crippen molar-refractivity contribution in [2.75, 3.05) is 18.5 Å². The van der Waals surface area contributed by atoms with E-state index in [4.69, 9.17) is 4.74 Å². The maximum atomic E-state index is 5.80. The summed E-state index contributed by atoms with van der Waals surface area (Å²) in [4.78, 5) is 0. The molecule has 0 saturated heterocycles. The SMILES string of the molecule is CCC(C)(C)c1cbc2c(c1)NCC(C)CO2. The number of hydrogen-bond donors (Lipinski definition) is 1. The van der Waals surface area contributed by atoms with Crippen LogP contribution in [0.3, 0.4) is 0 Å². The van der Waals surface area contributed by atoms with Crippen molar-refractivity contribution < 1.29 is 4.74 Å². The molecule has 1 aliphatic rings. The molecule has 0 fully saturated rings. The molecule has 1 atom stereocenters. The molecule has 0 radical (unpaired) electrons. The van der Waals surface area contributed by atoms with Gasteiger partial charge >= 0.3 is 104 Å². The van der Waals surface area contributed by atoms with Crippen LogP contribution in [0.4, 0.5) is 5.69 Å². The zero-order valence-electron chi connectivity index (χ0n) is 11.3. The Morgan fingerprint density at radius 2 is 2.29 bits per heavy atom. The third-order valence-corrected chi connectivity index (χ3v) is 3.81. The number of nitrogens with one attached hydrogen (secondary N) is 1. The normalized spacial score (nSPS) is 19.6. The van der Waals surface area contributed by atoms with E-state index in [1.165, 1.54) is 5.56 Å². The van der Waals surface area contributed by atoms with Gasteiger partial charge in [0.25, 0.3) is 0 Å². The van der Waals surface area contributed by atoms with Crippen molar-refractivity contribution in [3.8, 4) is 5.64 Å². The van der Waals surface area contributed by atoms with E-state index in [2.05, 4.69) is 52.0 Å². The summed E-state index contributed by atoms with van der Waals surface area (Å²) in [6, 6.07) is 2.25. The van der Waals surface area contributed by atoms with Gasteiger partial charge in [-0.25, -0.2) is 0 Å². The summed E-state index contributed by atoms with van der Waals surface area (Å²) < 4.78 is 5.80. The van der Waals surface area contributed by atoms with Crippen molar-refractivity contribution in [3.63, 3.8) is 0 Å². The van der Waals surface area contributed by atoms with E-state index in [-0.39, 0.29) is 5.41 Å². The van der Waals surface area contributed by atoms with Gasteiger partial charge in [0.1, 0.15) is 0 Å². The minimum absolute atomic E-state index is 0.231. The van der Waals surface area contributed by atoms with E-state index in [1.807, 2.05) is 0 Å². The first kappa shape index (κ1) is 12.5. The van der Waals surface area contributed by atoms with Crippen LogP contribution in [0.5, 0.6) is 5.64 Å². The van der Waals surface area contributed by atoms with Crippen LogP contribution >= 0.6 is 0 Å². The topological polar surface area (TPSA) is 21.3 Å². The van der Waals surface area contributed by atoms with Crippen LogP contribution in [0.1, 0.15) is 39.7 Å². The Kier molecular flexibility index (Phi) is 3.46. The van der Waals surface area contributed by atoms with Gasteiger partial charge in [-0.15, -0.1) is 0 Å². The number of anilines is 1. The van der Waals surface area contributed by atoms with Crippen LogP contribution in [0.2, 0.25) is 0 Å². The molecule has 17 heavy (non-hydrogen) atoms. The molecule has 1 N–H and O–H groups in total. The Labute approximate surface area is 105 Å². The molecule has 2 rings (SSSR count). The van der Waals surface area contributed by atoms with Gasteiger partial charge in [-0.05, 0) is 0 Å². The van der Waals surface area contributed by atoms with Crippen molar-refractivity contribution in [2.45, 2.75) is 39.5 Å². The summed E-state index contributed by atoms with van der Waals surface area (Å²) >= 11 is 0. The van der Waals surface area contributed by atoms with Gasteiger partial charge < -0.3 is 0 Å². The van der Waals surface area contributed by atoms with E-state index in [0.717, 1.165) is 30.9 Å². The van der Waals surface area contributed by atoms with Gasteiger partial charge in [0.2, 0.25) is 0 Å². The van der Waals surface area contributed by atoms with Crippen LogP contribution in [0, 0.1) is 5.92 Å². The van der Waals surface area contributed by atoms with Gasteiger partial charge in [0, 0.05) is 0 Å². The molecule has 0 aromatic carbocycles. The molecule has 2 nitrogen and oxygen atoms in total. The average Bonchev–Trinajstić information content (AvgIpc) is 2.51. The Morgan fingerprint density at radius 1 is 1.53 bits per heavy atom. The zero-order chi connectivity index (χ0) is 12.5. The average molecular weight is 231 g/mol. The molecule has 1 aliphatic heterocycles. The number of hydrogen-bond acceptors (Lipinski definition) is 2. The standard InChI is InChI=1S/C14H22BNO/c1-5-14(3,4)11-6-12-13(15-7-11)17-9-10(2)8-16-12/h6-7,10,16H,5,8-9H2,1-4H3. The molecule has 92 valence electrons. The molecule has 1 aromatic heterocycles. The molecule has 1 aromatic rings. The van der Waals surface area contributed by atoms with Gasteiger partial charge in [-0.1, -0.05) is 0 Å². The van der Waals surface area contributed by atoms with Gasteiger partial charge in [-0.2, -0.15) is 0 Å². The maximum absolute atomic E-state index is 5.80. The van der Waals surface area contributed by atoms with Crippen LogP contribution in [0.15, 0.2) is 12.0 Å². The van der Waals surface area contributed by atoms with Crippen molar-refractivity contribution >= 4 is 12.6 Å².